The molecule has 0 bridgehead atoms. The van der Waals surface area contributed by atoms with Crippen LogP contribution in [0.5, 0.6) is 11.5 Å². The van der Waals surface area contributed by atoms with Gasteiger partial charge in [-0.3, -0.25) is 4.79 Å². The maximum absolute atomic E-state index is 13.6. The third kappa shape index (κ3) is 5.51. The zero-order chi connectivity index (χ0) is 30.5. The molecule has 16 heteroatoms. The Morgan fingerprint density at radius 2 is 1.57 bits per heavy atom. The highest BCUT2D eigenvalue weighted by Crippen LogP contribution is 2.41. The van der Waals surface area contributed by atoms with Crippen LogP contribution in [0.1, 0.15) is 5.56 Å². The number of Topliss-reactive ketones (excluding diaryl/α,β-unsaturated/α-hetero) is 1. The van der Waals surface area contributed by atoms with Gasteiger partial charge in [-0.1, -0.05) is 0 Å². The molecule has 0 aromatic heterocycles. The lowest BCUT2D eigenvalue weighted by molar-refractivity contribution is -0.315. The quantitative estimate of drug-likeness (QED) is 0.152. The first kappa shape index (κ1) is 30.0. The Balaban J connectivity index is 1.42. The molecule has 42 heavy (non-hydrogen) atoms. The molecule has 0 unspecified atom stereocenters. The second-order valence-electron chi connectivity index (χ2n) is 10.2. The van der Waals surface area contributed by atoms with Crippen molar-refractivity contribution in [2.75, 3.05) is 13.2 Å². The summed E-state index contributed by atoms with van der Waals surface area (Å²) in [5.74, 6) is -5.30. The first-order valence-corrected chi connectivity index (χ1v) is 12.8. The van der Waals surface area contributed by atoms with Gasteiger partial charge in [-0.15, -0.1) is 0 Å². The number of benzene rings is 1. The number of aliphatic hydroxyl groups excluding tert-OH is 8. The Morgan fingerprint density at radius 3 is 2.29 bits per heavy atom. The van der Waals surface area contributed by atoms with Crippen molar-refractivity contribution in [1.82, 2.24) is 0 Å². The van der Waals surface area contributed by atoms with Crippen LogP contribution >= 0.6 is 0 Å². The molecule has 0 spiro atoms. The molecule has 2 saturated heterocycles. The highest BCUT2D eigenvalue weighted by Gasteiger charge is 2.50. The van der Waals surface area contributed by atoms with Crippen LogP contribution in [0.25, 0.3) is 5.76 Å². The lowest BCUT2D eigenvalue weighted by atomic mass is 9.86. The average Bonchev–Trinajstić information content (AvgIpc) is 2.94. The minimum Gasteiger partial charge on any atom is -0.511 e. The van der Waals surface area contributed by atoms with Gasteiger partial charge in [0.25, 0.3) is 0 Å². The lowest BCUT2D eigenvalue weighted by Crippen LogP contribution is -2.60. The predicted octanol–water partition coefficient (Wildman–Crippen LogP) is -2.47. The van der Waals surface area contributed by atoms with Gasteiger partial charge < -0.3 is 74.7 Å². The molecule has 3 aliphatic heterocycles. The van der Waals surface area contributed by atoms with Crippen molar-refractivity contribution in [3.05, 3.63) is 53.2 Å². The smallest absolute Gasteiger partial charge is 0.229 e. The lowest BCUT2D eigenvalue weighted by Gasteiger charge is -2.42. The van der Waals surface area contributed by atoms with Crippen LogP contribution < -0.4 is 0 Å². The molecule has 11 atom stereocenters. The fourth-order valence-corrected chi connectivity index (χ4v) is 4.91. The molecule has 0 amide bonds. The van der Waals surface area contributed by atoms with Crippen LogP contribution in [0.3, 0.4) is 0 Å². The van der Waals surface area contributed by atoms with E-state index in [1.165, 1.54) is 6.07 Å². The third-order valence-corrected chi connectivity index (χ3v) is 7.26. The van der Waals surface area contributed by atoms with Crippen LogP contribution in [-0.2, 0) is 28.5 Å². The normalized spacial score (nSPS) is 38.7. The molecule has 1 aromatic carbocycles. The van der Waals surface area contributed by atoms with Gasteiger partial charge in [-0.2, -0.15) is 0 Å². The summed E-state index contributed by atoms with van der Waals surface area (Å²) in [6.45, 7) is -0.956. The van der Waals surface area contributed by atoms with Crippen molar-refractivity contribution < 1.29 is 79.5 Å². The molecule has 1 aromatic rings. The number of ketones is 1. The molecule has 0 radical (unpaired) electrons. The van der Waals surface area contributed by atoms with E-state index in [-0.39, 0.29) is 23.7 Å². The number of hydrogen-bond acceptors (Lipinski definition) is 16. The number of aliphatic hydroxyl groups is 8. The van der Waals surface area contributed by atoms with E-state index in [4.69, 9.17) is 23.7 Å². The Hall–Kier alpha value is -3.45. The van der Waals surface area contributed by atoms with E-state index in [1.807, 2.05) is 0 Å². The average molecular weight is 599 g/mol. The standard InChI is InChI=1S/C26H30O16/c27-9-4-12(30)16-14(5-9)40-23(8-1-2-10(28)11(29)3-8)24(19(16)34)42-26-22(37)20(35)18(33)15(41-26)7-39-25-21(36)17(32)13(31)6-38-25/h1-5,13-18,20-22,25-33,35-37H,6-7H2/t13-,14+,15-,16-,17+,18-,20+,21-,22-,25+,26+/m1/s1. The van der Waals surface area contributed by atoms with E-state index in [1.54, 1.807) is 0 Å². The number of rotatable bonds is 6. The number of hydrogen-bond donors (Lipinski definition) is 10. The van der Waals surface area contributed by atoms with Gasteiger partial charge in [-0.25, -0.2) is 0 Å². The number of aromatic hydroxyl groups is 2. The number of carbonyl (C=O) groups excluding carboxylic acids is 1. The van der Waals surface area contributed by atoms with Crippen LogP contribution in [-0.4, -0.2) is 131 Å². The van der Waals surface area contributed by atoms with Gasteiger partial charge in [0.05, 0.1) is 13.2 Å². The number of carbonyl (C=O) groups is 1. The van der Waals surface area contributed by atoms with E-state index in [0.29, 0.717) is 0 Å². The molecular formula is C26H30O16. The van der Waals surface area contributed by atoms with E-state index in [0.717, 1.165) is 24.3 Å². The van der Waals surface area contributed by atoms with Gasteiger partial charge in [0, 0.05) is 11.6 Å². The van der Waals surface area contributed by atoms with Crippen LogP contribution in [0, 0.1) is 5.92 Å². The summed E-state index contributed by atoms with van der Waals surface area (Å²) in [7, 11) is 0. The molecule has 230 valence electrons. The summed E-state index contributed by atoms with van der Waals surface area (Å²) in [5, 5.41) is 101. The Morgan fingerprint density at radius 1 is 0.857 bits per heavy atom. The Kier molecular flexibility index (Phi) is 8.35. The molecule has 0 saturated carbocycles. The van der Waals surface area contributed by atoms with Gasteiger partial charge in [0.1, 0.15) is 66.3 Å². The molecule has 10 N–H and O–H groups in total. The fourth-order valence-electron chi connectivity index (χ4n) is 4.91. The van der Waals surface area contributed by atoms with Crippen molar-refractivity contribution in [3.63, 3.8) is 0 Å². The van der Waals surface area contributed by atoms with Crippen LogP contribution in [0.2, 0.25) is 0 Å². The highest BCUT2D eigenvalue weighted by molar-refractivity contribution is 6.04. The highest BCUT2D eigenvalue weighted by atomic mass is 16.7. The number of allylic oxidation sites excluding steroid dienone is 2. The molecular weight excluding hydrogens is 568 g/mol. The number of phenolic OH excluding ortho intramolecular Hbond substituents is 2. The monoisotopic (exact) mass is 598 g/mol. The van der Waals surface area contributed by atoms with E-state index >= 15 is 0 Å². The number of fused-ring (bicyclic) bond motifs is 1. The molecule has 1 aliphatic carbocycles. The van der Waals surface area contributed by atoms with Crippen LogP contribution in [0.15, 0.2) is 47.6 Å². The SMILES string of the molecule is O=C1C(O[C@@H]2O[C@H](CO[C@@H]3OC[C@@H](O)[C@H](O)[C@H]3O)[C@@H](O)[C@H](O)[C@H]2O)=C(c2ccc(O)c(O)c2)O[C@H]2C=C(O)C=C(O)[C@@H]12. The van der Waals surface area contributed by atoms with Gasteiger partial charge in [0.2, 0.25) is 17.8 Å². The van der Waals surface area contributed by atoms with E-state index in [9.17, 15) is 55.9 Å². The fraction of sp³-hybridized carbons (Fsp3) is 0.500. The molecule has 5 rings (SSSR count). The predicted molar refractivity (Wildman–Crippen MR) is 133 cm³/mol. The first-order valence-electron chi connectivity index (χ1n) is 12.8. The summed E-state index contributed by atoms with van der Waals surface area (Å²) in [5.41, 5.74) is 0.00368. The van der Waals surface area contributed by atoms with Gasteiger partial charge in [-0.05, 0) is 24.3 Å². The first-order chi connectivity index (χ1) is 19.9. The molecule has 4 aliphatic rings. The van der Waals surface area contributed by atoms with Crippen molar-refractivity contribution in [1.29, 1.82) is 0 Å². The summed E-state index contributed by atoms with van der Waals surface area (Å²) < 4.78 is 27.7. The third-order valence-electron chi connectivity index (χ3n) is 7.26. The topological polar surface area (TPSA) is 266 Å². The summed E-state index contributed by atoms with van der Waals surface area (Å²) >= 11 is 0. The van der Waals surface area contributed by atoms with Crippen molar-refractivity contribution >= 4 is 11.5 Å². The molecule has 2 fully saturated rings. The maximum Gasteiger partial charge on any atom is 0.229 e. The number of ether oxygens (including phenoxy) is 5. The van der Waals surface area contributed by atoms with Crippen molar-refractivity contribution in [3.8, 4) is 11.5 Å². The second-order valence-corrected chi connectivity index (χ2v) is 10.2. The Bertz CT molecular complexity index is 1290. The second kappa shape index (κ2) is 11.7. The number of phenols is 2. The Labute approximate surface area is 236 Å². The van der Waals surface area contributed by atoms with Crippen molar-refractivity contribution in [2.24, 2.45) is 5.92 Å². The molecule has 3 heterocycles. The summed E-state index contributed by atoms with van der Waals surface area (Å²) in [6, 6.07) is 3.40. The van der Waals surface area contributed by atoms with E-state index in [2.05, 4.69) is 0 Å². The maximum atomic E-state index is 13.6. The molecule has 16 nitrogen and oxygen atoms in total. The minimum absolute atomic E-state index is 0.00368. The van der Waals surface area contributed by atoms with Gasteiger partial charge >= 0.3 is 0 Å². The zero-order valence-electron chi connectivity index (χ0n) is 21.6. The van der Waals surface area contributed by atoms with E-state index < -0.39 is 103 Å². The van der Waals surface area contributed by atoms with Crippen LogP contribution in [0.4, 0.5) is 0 Å². The zero-order valence-corrected chi connectivity index (χ0v) is 21.6. The van der Waals surface area contributed by atoms with Crippen molar-refractivity contribution in [2.45, 2.75) is 61.4 Å². The largest absolute Gasteiger partial charge is 0.511 e. The minimum atomic E-state index is -1.95. The summed E-state index contributed by atoms with van der Waals surface area (Å²) in [6.07, 6.45) is -14.1. The summed E-state index contributed by atoms with van der Waals surface area (Å²) in [4.78, 5) is 13.6. The van der Waals surface area contributed by atoms with Gasteiger partial charge in [0.15, 0.2) is 23.5 Å².